The van der Waals surface area contributed by atoms with Crippen molar-refractivity contribution in [1.82, 2.24) is 15.0 Å². The molecule has 2 unspecified atom stereocenters. The number of nitrogens with zero attached hydrogens (tertiary/aromatic N) is 5. The van der Waals surface area contributed by atoms with Gasteiger partial charge < -0.3 is 10.2 Å². The predicted molar refractivity (Wildman–Crippen MR) is 91.2 cm³/mol. The zero-order valence-corrected chi connectivity index (χ0v) is 15.0. The van der Waals surface area contributed by atoms with Crippen LogP contribution < -0.4 is 10.2 Å². The van der Waals surface area contributed by atoms with Crippen molar-refractivity contribution in [2.75, 3.05) is 16.8 Å². The first-order chi connectivity index (χ1) is 10.3. The summed E-state index contributed by atoms with van der Waals surface area (Å²) in [6, 6.07) is 2.08. The fourth-order valence-corrected chi connectivity index (χ4v) is 4.19. The molecule has 0 amide bonds. The fourth-order valence-electron chi connectivity index (χ4n) is 2.51. The normalized spacial score (nSPS) is 23.6. The third-order valence-corrected chi connectivity index (χ3v) is 5.50. The molecule has 1 N–H and O–H groups in total. The average Bonchev–Trinajstić information content (AvgIpc) is 2.69. The van der Waals surface area contributed by atoms with Crippen LogP contribution in [0.5, 0.6) is 0 Å². The number of hydrogen-bond donors (Lipinski definition) is 1. The van der Waals surface area contributed by atoms with Crippen molar-refractivity contribution in [3.63, 3.8) is 0 Å². The molecule has 1 aliphatic heterocycles. The smallest absolute Gasteiger partial charge is 0.233 e. The van der Waals surface area contributed by atoms with Gasteiger partial charge >= 0.3 is 0 Å². The van der Waals surface area contributed by atoms with Crippen molar-refractivity contribution in [3.8, 4) is 6.07 Å². The van der Waals surface area contributed by atoms with Gasteiger partial charge in [0.15, 0.2) is 0 Å². The number of nitriles is 1. The van der Waals surface area contributed by atoms with Crippen LogP contribution in [0.25, 0.3) is 0 Å². The molecule has 22 heavy (non-hydrogen) atoms. The number of halogens is 1. The SMILES string of the molecule is CCNc1nc(Cl)nc(N2C(C(C)C)SC(C)(C)C2C#N)n1. The molecule has 0 saturated carbocycles. The van der Waals surface area contributed by atoms with Crippen LogP contribution in [0.3, 0.4) is 0 Å². The highest BCUT2D eigenvalue weighted by molar-refractivity contribution is 8.01. The van der Waals surface area contributed by atoms with Crippen molar-refractivity contribution < 1.29 is 0 Å². The van der Waals surface area contributed by atoms with Gasteiger partial charge in [0.1, 0.15) is 6.04 Å². The third-order valence-electron chi connectivity index (χ3n) is 3.49. The van der Waals surface area contributed by atoms with Crippen LogP contribution in [-0.2, 0) is 0 Å². The van der Waals surface area contributed by atoms with E-state index in [4.69, 9.17) is 11.6 Å². The molecule has 0 bridgehead atoms. The van der Waals surface area contributed by atoms with Gasteiger partial charge in [0.05, 0.1) is 11.4 Å². The third kappa shape index (κ3) is 3.23. The van der Waals surface area contributed by atoms with E-state index < -0.39 is 0 Å². The molecule has 1 fully saturated rings. The first-order valence-corrected chi connectivity index (χ1v) is 8.57. The lowest BCUT2D eigenvalue weighted by Gasteiger charge is -2.29. The minimum absolute atomic E-state index is 0.118. The van der Waals surface area contributed by atoms with Gasteiger partial charge in [0, 0.05) is 11.3 Å². The lowest BCUT2D eigenvalue weighted by atomic mass is 10.0. The molecule has 2 heterocycles. The number of anilines is 2. The van der Waals surface area contributed by atoms with Gasteiger partial charge in [-0.05, 0) is 38.3 Å². The van der Waals surface area contributed by atoms with Crippen LogP contribution in [0.1, 0.15) is 34.6 Å². The molecule has 6 nitrogen and oxygen atoms in total. The second kappa shape index (κ2) is 6.47. The summed E-state index contributed by atoms with van der Waals surface area (Å²) in [6.45, 7) is 11.1. The average molecular weight is 341 g/mol. The maximum Gasteiger partial charge on any atom is 0.233 e. The summed E-state index contributed by atoms with van der Waals surface area (Å²) in [4.78, 5) is 14.7. The Morgan fingerprint density at radius 2 is 2.09 bits per heavy atom. The maximum atomic E-state index is 9.65. The molecule has 1 saturated heterocycles. The molecule has 0 aliphatic carbocycles. The Bertz CT molecular complexity index is 585. The first-order valence-electron chi connectivity index (χ1n) is 7.31. The fraction of sp³-hybridized carbons (Fsp3) is 0.714. The lowest BCUT2D eigenvalue weighted by molar-refractivity contribution is 0.531. The first kappa shape index (κ1) is 17.1. The Kier molecular flexibility index (Phi) is 5.03. The highest BCUT2D eigenvalue weighted by Gasteiger charge is 2.49. The van der Waals surface area contributed by atoms with E-state index in [1.54, 1.807) is 11.8 Å². The summed E-state index contributed by atoms with van der Waals surface area (Å²) < 4.78 is -0.207. The van der Waals surface area contributed by atoms with Crippen molar-refractivity contribution in [1.29, 1.82) is 5.26 Å². The molecule has 1 aromatic rings. The van der Waals surface area contributed by atoms with E-state index in [1.165, 1.54) is 0 Å². The highest BCUT2D eigenvalue weighted by Crippen LogP contribution is 2.48. The Morgan fingerprint density at radius 3 is 2.64 bits per heavy atom. The van der Waals surface area contributed by atoms with E-state index in [-0.39, 0.29) is 21.4 Å². The molecule has 1 aromatic heterocycles. The Hall–Kier alpha value is -1.26. The number of rotatable bonds is 4. The topological polar surface area (TPSA) is 77.7 Å². The quantitative estimate of drug-likeness (QED) is 0.901. The largest absolute Gasteiger partial charge is 0.354 e. The Morgan fingerprint density at radius 1 is 1.41 bits per heavy atom. The summed E-state index contributed by atoms with van der Waals surface area (Å²) in [5, 5.41) is 12.9. The zero-order chi connectivity index (χ0) is 16.5. The molecule has 0 spiro atoms. The number of thioether (sulfide) groups is 1. The summed E-state index contributed by atoms with van der Waals surface area (Å²) in [5.41, 5.74) is 0. The number of aromatic nitrogens is 3. The summed E-state index contributed by atoms with van der Waals surface area (Å²) >= 11 is 7.81. The van der Waals surface area contributed by atoms with Gasteiger partial charge in [-0.15, -0.1) is 11.8 Å². The van der Waals surface area contributed by atoms with Crippen LogP contribution in [0.15, 0.2) is 0 Å². The van der Waals surface area contributed by atoms with Gasteiger partial charge in [-0.25, -0.2) is 0 Å². The Labute approximate surface area is 140 Å². The van der Waals surface area contributed by atoms with E-state index in [9.17, 15) is 5.26 Å². The molecule has 0 aromatic carbocycles. The van der Waals surface area contributed by atoms with E-state index in [1.807, 2.05) is 11.8 Å². The van der Waals surface area contributed by atoms with Crippen LogP contribution in [0, 0.1) is 17.2 Å². The second-order valence-electron chi connectivity index (χ2n) is 6.05. The standard InChI is InChI=1S/C14H21ClN6S/c1-6-17-12-18-11(15)19-13(20-12)21-9(7-16)14(4,5)22-10(21)8(2)3/h8-10H,6H2,1-5H3,(H,17,18,19,20). The van der Waals surface area contributed by atoms with Gasteiger partial charge in [0.25, 0.3) is 0 Å². The number of hydrogen-bond acceptors (Lipinski definition) is 7. The zero-order valence-electron chi connectivity index (χ0n) is 13.5. The van der Waals surface area contributed by atoms with Gasteiger partial charge in [0.2, 0.25) is 17.2 Å². The molecular formula is C14H21ClN6S. The van der Waals surface area contributed by atoms with Crippen molar-refractivity contribution in [2.45, 2.75) is 50.8 Å². The monoisotopic (exact) mass is 340 g/mol. The molecule has 2 rings (SSSR count). The van der Waals surface area contributed by atoms with Crippen LogP contribution >= 0.6 is 23.4 Å². The maximum absolute atomic E-state index is 9.65. The van der Waals surface area contributed by atoms with E-state index >= 15 is 0 Å². The van der Waals surface area contributed by atoms with Crippen LogP contribution in [-0.4, -0.2) is 37.7 Å². The molecule has 1 aliphatic rings. The summed E-state index contributed by atoms with van der Waals surface area (Å²) in [7, 11) is 0. The van der Waals surface area contributed by atoms with Gasteiger partial charge in [-0.1, -0.05) is 13.8 Å². The summed E-state index contributed by atoms with van der Waals surface area (Å²) in [6.07, 6.45) is 0. The van der Waals surface area contributed by atoms with Crippen molar-refractivity contribution >= 4 is 35.3 Å². The van der Waals surface area contributed by atoms with Crippen molar-refractivity contribution in [3.05, 3.63) is 5.28 Å². The Balaban J connectivity index is 2.49. The molecular weight excluding hydrogens is 320 g/mol. The predicted octanol–water partition coefficient (Wildman–Crippen LogP) is 3.16. The van der Waals surface area contributed by atoms with E-state index in [2.05, 4.69) is 54.0 Å². The molecule has 8 heteroatoms. The highest BCUT2D eigenvalue weighted by atomic mass is 35.5. The summed E-state index contributed by atoms with van der Waals surface area (Å²) in [5.74, 6) is 1.24. The molecule has 120 valence electrons. The minimum atomic E-state index is -0.321. The molecule has 2 atom stereocenters. The lowest BCUT2D eigenvalue weighted by Crippen LogP contribution is -2.43. The van der Waals surface area contributed by atoms with E-state index in [0.29, 0.717) is 24.4 Å². The van der Waals surface area contributed by atoms with Crippen LogP contribution in [0.4, 0.5) is 11.9 Å². The minimum Gasteiger partial charge on any atom is -0.354 e. The molecule has 0 radical (unpaired) electrons. The van der Waals surface area contributed by atoms with E-state index in [0.717, 1.165) is 0 Å². The van der Waals surface area contributed by atoms with Gasteiger partial charge in [-0.3, -0.25) is 0 Å². The number of nitrogens with one attached hydrogen (secondary N) is 1. The van der Waals surface area contributed by atoms with Gasteiger partial charge in [-0.2, -0.15) is 20.2 Å². The van der Waals surface area contributed by atoms with Crippen LogP contribution in [0.2, 0.25) is 5.28 Å². The van der Waals surface area contributed by atoms with Crippen molar-refractivity contribution in [2.24, 2.45) is 5.92 Å². The second-order valence-corrected chi connectivity index (χ2v) is 8.16.